The van der Waals surface area contributed by atoms with E-state index in [9.17, 15) is 13.2 Å². The lowest BCUT2D eigenvalue weighted by Crippen LogP contribution is -2.33. The number of para-hydroxylation sites is 1. The normalized spacial score (nSPS) is 16.5. The minimum absolute atomic E-state index is 0.210. The van der Waals surface area contributed by atoms with Crippen molar-refractivity contribution in [1.82, 2.24) is 9.62 Å². The zero-order valence-electron chi connectivity index (χ0n) is 17.8. The molecule has 162 valence electrons. The van der Waals surface area contributed by atoms with Crippen LogP contribution in [0, 0.1) is 6.92 Å². The molecule has 1 heterocycles. The highest BCUT2D eigenvalue weighted by molar-refractivity contribution is 7.89. The summed E-state index contributed by atoms with van der Waals surface area (Å²) in [7, 11) is -2.04. The van der Waals surface area contributed by atoms with Crippen molar-refractivity contribution in [2.45, 2.75) is 50.5 Å². The summed E-state index contributed by atoms with van der Waals surface area (Å²) < 4.78 is 33.4. The monoisotopic (exact) mass is 430 g/mol. The first-order valence-corrected chi connectivity index (χ1v) is 11.8. The summed E-state index contributed by atoms with van der Waals surface area (Å²) in [6.45, 7) is 4.70. The number of benzene rings is 2. The van der Waals surface area contributed by atoms with Gasteiger partial charge in [0.05, 0.1) is 18.0 Å². The first-order valence-electron chi connectivity index (χ1n) is 10.4. The van der Waals surface area contributed by atoms with Gasteiger partial charge in [0.2, 0.25) is 10.0 Å². The minimum Gasteiger partial charge on any atom is -0.496 e. The van der Waals surface area contributed by atoms with Crippen molar-refractivity contribution in [1.29, 1.82) is 0 Å². The molecule has 2 aromatic carbocycles. The van der Waals surface area contributed by atoms with Gasteiger partial charge < -0.3 is 10.1 Å². The second kappa shape index (κ2) is 9.62. The Balaban J connectivity index is 1.84. The largest absolute Gasteiger partial charge is 0.496 e. The average molecular weight is 431 g/mol. The van der Waals surface area contributed by atoms with E-state index in [2.05, 4.69) is 5.32 Å². The number of amides is 1. The van der Waals surface area contributed by atoms with Crippen LogP contribution in [-0.4, -0.2) is 38.8 Å². The van der Waals surface area contributed by atoms with Gasteiger partial charge in [-0.1, -0.05) is 37.1 Å². The van der Waals surface area contributed by atoms with Gasteiger partial charge in [-0.15, -0.1) is 0 Å². The summed E-state index contributed by atoms with van der Waals surface area (Å²) in [5.74, 6) is 0.374. The first kappa shape index (κ1) is 22.3. The number of sulfonamides is 1. The molecule has 1 amide bonds. The number of carbonyl (C=O) groups is 1. The molecule has 1 aliphatic heterocycles. The second-order valence-electron chi connectivity index (χ2n) is 7.74. The minimum atomic E-state index is -3.63. The van der Waals surface area contributed by atoms with E-state index >= 15 is 0 Å². The van der Waals surface area contributed by atoms with Crippen LogP contribution in [0.4, 0.5) is 0 Å². The molecule has 1 N–H and O–H groups in total. The van der Waals surface area contributed by atoms with Crippen LogP contribution in [0.3, 0.4) is 0 Å². The molecule has 1 aliphatic rings. The number of carbonyl (C=O) groups excluding carboxylic acids is 1. The molecule has 3 rings (SSSR count). The summed E-state index contributed by atoms with van der Waals surface area (Å²) in [6, 6.07) is 12.1. The lowest BCUT2D eigenvalue weighted by molar-refractivity contribution is 0.0939. The van der Waals surface area contributed by atoms with E-state index in [-0.39, 0.29) is 16.8 Å². The maximum Gasteiger partial charge on any atom is 0.251 e. The molecule has 1 saturated heterocycles. The number of hydrogen-bond acceptors (Lipinski definition) is 4. The van der Waals surface area contributed by atoms with E-state index in [1.807, 2.05) is 31.2 Å². The molecule has 7 heteroatoms. The summed E-state index contributed by atoms with van der Waals surface area (Å²) in [6.07, 6.45) is 3.84. The molecule has 0 unspecified atom stereocenters. The molecule has 1 fully saturated rings. The van der Waals surface area contributed by atoms with Crippen LogP contribution >= 0.6 is 0 Å². The van der Waals surface area contributed by atoms with Crippen molar-refractivity contribution in [3.63, 3.8) is 0 Å². The molecule has 1 atom stereocenters. The molecule has 2 aromatic rings. The van der Waals surface area contributed by atoms with E-state index in [1.165, 1.54) is 6.07 Å². The van der Waals surface area contributed by atoms with Crippen molar-refractivity contribution in [2.24, 2.45) is 0 Å². The van der Waals surface area contributed by atoms with Gasteiger partial charge in [-0.25, -0.2) is 8.42 Å². The van der Waals surface area contributed by atoms with Gasteiger partial charge >= 0.3 is 0 Å². The Kier molecular flexibility index (Phi) is 7.15. The predicted octanol–water partition coefficient (Wildman–Crippen LogP) is 4.06. The van der Waals surface area contributed by atoms with Crippen LogP contribution in [0.15, 0.2) is 47.4 Å². The second-order valence-corrected chi connectivity index (χ2v) is 9.64. The lowest BCUT2D eigenvalue weighted by atomic mass is 10.1. The maximum atomic E-state index is 13.2. The molecule has 0 spiro atoms. The Hall–Kier alpha value is -2.38. The third-order valence-electron chi connectivity index (χ3n) is 5.59. The Morgan fingerprint density at radius 3 is 2.40 bits per heavy atom. The first-order chi connectivity index (χ1) is 14.3. The van der Waals surface area contributed by atoms with Crippen LogP contribution in [0.1, 0.15) is 60.1 Å². The van der Waals surface area contributed by atoms with Gasteiger partial charge in [0.25, 0.3) is 5.91 Å². The zero-order valence-corrected chi connectivity index (χ0v) is 18.7. The standard InChI is InChI=1S/C23H30N2O4S/c1-17-12-13-19(16-22(17)30(27,28)25-14-8-4-5-9-15-25)23(26)24-18(2)20-10-6-7-11-21(20)29-3/h6-7,10-13,16,18H,4-5,8-9,14-15H2,1-3H3,(H,24,26)/t18-/m1/s1. The van der Waals surface area contributed by atoms with E-state index in [0.717, 1.165) is 31.2 Å². The van der Waals surface area contributed by atoms with Crippen molar-refractivity contribution < 1.29 is 17.9 Å². The molecule has 0 bridgehead atoms. The van der Waals surface area contributed by atoms with Crippen LogP contribution in [0.2, 0.25) is 0 Å². The molecule has 0 aromatic heterocycles. The number of nitrogens with zero attached hydrogens (tertiary/aromatic N) is 1. The van der Waals surface area contributed by atoms with Gasteiger partial charge in [-0.2, -0.15) is 4.31 Å². The van der Waals surface area contributed by atoms with Crippen molar-refractivity contribution >= 4 is 15.9 Å². The van der Waals surface area contributed by atoms with E-state index in [1.54, 1.807) is 30.5 Å². The van der Waals surface area contributed by atoms with Crippen molar-refractivity contribution in [3.8, 4) is 5.75 Å². The molecule has 0 saturated carbocycles. The Bertz CT molecular complexity index is 996. The highest BCUT2D eigenvalue weighted by Gasteiger charge is 2.27. The summed E-state index contributed by atoms with van der Waals surface area (Å²) >= 11 is 0. The van der Waals surface area contributed by atoms with Crippen LogP contribution < -0.4 is 10.1 Å². The van der Waals surface area contributed by atoms with Gasteiger partial charge in [0.15, 0.2) is 0 Å². The number of methoxy groups -OCH3 is 1. The molecule has 0 aliphatic carbocycles. The fourth-order valence-electron chi connectivity index (χ4n) is 3.82. The molecule has 0 radical (unpaired) electrons. The third kappa shape index (κ3) is 4.84. The predicted molar refractivity (Wildman–Crippen MR) is 117 cm³/mol. The smallest absolute Gasteiger partial charge is 0.251 e. The zero-order chi connectivity index (χ0) is 21.7. The fourth-order valence-corrected chi connectivity index (χ4v) is 5.59. The third-order valence-corrected chi connectivity index (χ3v) is 7.63. The van der Waals surface area contributed by atoms with Gasteiger partial charge in [-0.3, -0.25) is 4.79 Å². The van der Waals surface area contributed by atoms with Gasteiger partial charge in [0, 0.05) is 24.2 Å². The van der Waals surface area contributed by atoms with E-state index < -0.39 is 10.0 Å². The molecule has 6 nitrogen and oxygen atoms in total. The topological polar surface area (TPSA) is 75.7 Å². The van der Waals surface area contributed by atoms with Crippen molar-refractivity contribution in [3.05, 3.63) is 59.2 Å². The Morgan fingerprint density at radius 2 is 1.73 bits per heavy atom. The van der Waals surface area contributed by atoms with Crippen LogP contribution in [0.5, 0.6) is 5.75 Å². The highest BCUT2D eigenvalue weighted by Crippen LogP contribution is 2.26. The summed E-state index contributed by atoms with van der Waals surface area (Å²) in [5.41, 5.74) is 1.84. The molecular weight excluding hydrogens is 400 g/mol. The summed E-state index contributed by atoms with van der Waals surface area (Å²) in [4.78, 5) is 13.1. The number of hydrogen-bond donors (Lipinski definition) is 1. The Morgan fingerprint density at radius 1 is 1.07 bits per heavy atom. The quantitative estimate of drug-likeness (QED) is 0.750. The van der Waals surface area contributed by atoms with Gasteiger partial charge in [0.1, 0.15) is 5.75 Å². The number of ether oxygens (including phenoxy) is 1. The lowest BCUT2D eigenvalue weighted by Gasteiger charge is -2.22. The van der Waals surface area contributed by atoms with Gasteiger partial charge in [-0.05, 0) is 50.5 Å². The highest BCUT2D eigenvalue weighted by atomic mass is 32.2. The molecular formula is C23H30N2O4S. The van der Waals surface area contributed by atoms with E-state index in [4.69, 9.17) is 4.74 Å². The van der Waals surface area contributed by atoms with Crippen LogP contribution in [-0.2, 0) is 10.0 Å². The number of rotatable bonds is 6. The molecule has 30 heavy (non-hydrogen) atoms. The van der Waals surface area contributed by atoms with Crippen LogP contribution in [0.25, 0.3) is 0 Å². The SMILES string of the molecule is COc1ccccc1[C@@H](C)NC(=O)c1ccc(C)c(S(=O)(=O)N2CCCCCC2)c1. The number of aryl methyl sites for hydroxylation is 1. The Labute approximate surface area is 179 Å². The number of nitrogens with one attached hydrogen (secondary N) is 1. The summed E-state index contributed by atoms with van der Waals surface area (Å²) in [5, 5.41) is 2.95. The fraction of sp³-hybridized carbons (Fsp3) is 0.435. The maximum absolute atomic E-state index is 13.2. The van der Waals surface area contributed by atoms with Crippen molar-refractivity contribution in [2.75, 3.05) is 20.2 Å². The van der Waals surface area contributed by atoms with E-state index in [0.29, 0.717) is 30.0 Å². The average Bonchev–Trinajstić information content (AvgIpc) is 3.04.